The van der Waals surface area contributed by atoms with Gasteiger partial charge in [0.2, 0.25) is 0 Å². The predicted octanol–water partition coefficient (Wildman–Crippen LogP) is 3.36. The third-order valence-corrected chi connectivity index (χ3v) is 2.89. The monoisotopic (exact) mass is 254 g/mol. The van der Waals surface area contributed by atoms with Gasteiger partial charge in [0.25, 0.3) is 0 Å². The van der Waals surface area contributed by atoms with Crippen molar-refractivity contribution >= 4 is 11.6 Å². The topological polar surface area (TPSA) is 35.8 Å². The highest BCUT2D eigenvalue weighted by molar-refractivity contribution is 6.30. The molecule has 1 rings (SSSR count). The number of nitrogens with zero attached hydrogens (tertiary/aromatic N) is 1. The average Bonchev–Trinajstić information content (AvgIpc) is 2.28. The maximum absolute atomic E-state index is 13.4. The van der Waals surface area contributed by atoms with Crippen LogP contribution in [0.1, 0.15) is 19.4 Å². The summed E-state index contributed by atoms with van der Waals surface area (Å²) in [6, 6.07) is 6.70. The highest BCUT2D eigenvalue weighted by atomic mass is 35.5. The summed E-state index contributed by atoms with van der Waals surface area (Å²) in [4.78, 5) is 0. The second-order valence-corrected chi connectivity index (χ2v) is 4.78. The zero-order chi connectivity index (χ0) is 12.8. The summed E-state index contributed by atoms with van der Waals surface area (Å²) < 4.78 is 13.4. The largest absolute Gasteiger partial charge is 0.311 e. The molecule has 1 N–H and O–H groups in total. The van der Waals surface area contributed by atoms with Crippen LogP contribution in [0.5, 0.6) is 0 Å². The van der Waals surface area contributed by atoms with E-state index in [9.17, 15) is 4.39 Å². The molecule has 0 spiro atoms. The Morgan fingerprint density at radius 1 is 1.47 bits per heavy atom. The normalized spacial score (nSPS) is 12.5. The minimum atomic E-state index is -0.278. The number of hydrogen-bond acceptors (Lipinski definition) is 2. The van der Waals surface area contributed by atoms with Gasteiger partial charge in [-0.25, -0.2) is 4.39 Å². The molecule has 17 heavy (non-hydrogen) atoms. The van der Waals surface area contributed by atoms with E-state index < -0.39 is 0 Å². The van der Waals surface area contributed by atoms with Crippen molar-refractivity contribution in [1.82, 2.24) is 5.32 Å². The lowest BCUT2D eigenvalue weighted by Crippen LogP contribution is -2.25. The van der Waals surface area contributed by atoms with E-state index in [1.807, 2.05) is 13.8 Å². The minimum Gasteiger partial charge on any atom is -0.311 e. The molecule has 1 unspecified atom stereocenters. The SMILES string of the molecule is CC(C)C(C#N)CNCc1cc(Cl)ccc1F. The maximum atomic E-state index is 13.4. The number of benzene rings is 1. The van der Waals surface area contributed by atoms with Crippen molar-refractivity contribution < 1.29 is 4.39 Å². The lowest BCUT2D eigenvalue weighted by atomic mass is 9.97. The van der Waals surface area contributed by atoms with Crippen LogP contribution in [0.3, 0.4) is 0 Å². The van der Waals surface area contributed by atoms with E-state index in [0.29, 0.717) is 23.7 Å². The Morgan fingerprint density at radius 3 is 2.76 bits per heavy atom. The highest BCUT2D eigenvalue weighted by Gasteiger charge is 2.12. The first-order chi connectivity index (χ1) is 8.04. The van der Waals surface area contributed by atoms with E-state index >= 15 is 0 Å². The number of halogens is 2. The van der Waals surface area contributed by atoms with Gasteiger partial charge in [-0.2, -0.15) is 5.26 Å². The van der Waals surface area contributed by atoms with E-state index in [0.717, 1.165) is 0 Å². The summed E-state index contributed by atoms with van der Waals surface area (Å²) in [6.45, 7) is 4.93. The average molecular weight is 255 g/mol. The molecule has 0 bridgehead atoms. The summed E-state index contributed by atoms with van der Waals surface area (Å²) in [5.41, 5.74) is 0.526. The van der Waals surface area contributed by atoms with Crippen molar-refractivity contribution in [3.8, 4) is 6.07 Å². The lowest BCUT2D eigenvalue weighted by molar-refractivity contribution is 0.439. The van der Waals surface area contributed by atoms with E-state index in [1.54, 1.807) is 6.07 Å². The summed E-state index contributed by atoms with van der Waals surface area (Å²) in [6.07, 6.45) is 0. The maximum Gasteiger partial charge on any atom is 0.127 e. The number of nitrogens with one attached hydrogen (secondary N) is 1. The van der Waals surface area contributed by atoms with Gasteiger partial charge in [0.1, 0.15) is 5.82 Å². The molecule has 0 aliphatic heterocycles. The molecule has 2 nitrogen and oxygen atoms in total. The first-order valence-electron chi connectivity index (χ1n) is 5.59. The molecule has 1 aromatic rings. The molecule has 0 fully saturated rings. The molecule has 1 aromatic carbocycles. The molecule has 0 heterocycles. The summed E-state index contributed by atoms with van der Waals surface area (Å²) in [5, 5.41) is 12.5. The van der Waals surface area contributed by atoms with Crippen LogP contribution in [-0.4, -0.2) is 6.54 Å². The van der Waals surface area contributed by atoms with Crippen LogP contribution in [-0.2, 0) is 6.54 Å². The Bertz CT molecular complexity index is 412. The second-order valence-electron chi connectivity index (χ2n) is 4.35. The standard InChI is InChI=1S/C13H16ClFN2/c1-9(2)11(6-16)8-17-7-10-5-12(14)3-4-13(10)15/h3-5,9,11,17H,7-8H2,1-2H3. The second kappa shape index (κ2) is 6.58. The van der Waals surface area contributed by atoms with Gasteiger partial charge in [-0.05, 0) is 24.1 Å². The molecule has 0 saturated heterocycles. The Kier molecular flexibility index (Phi) is 5.40. The lowest BCUT2D eigenvalue weighted by Gasteiger charge is -2.14. The zero-order valence-electron chi connectivity index (χ0n) is 10.0. The van der Waals surface area contributed by atoms with Crippen molar-refractivity contribution in [1.29, 1.82) is 5.26 Å². The van der Waals surface area contributed by atoms with Crippen molar-refractivity contribution in [2.45, 2.75) is 20.4 Å². The third-order valence-electron chi connectivity index (χ3n) is 2.66. The summed E-state index contributed by atoms with van der Waals surface area (Å²) in [5.74, 6) is -0.0473. The van der Waals surface area contributed by atoms with Crippen LogP contribution in [0.15, 0.2) is 18.2 Å². The first-order valence-corrected chi connectivity index (χ1v) is 5.96. The van der Waals surface area contributed by atoms with E-state index in [1.165, 1.54) is 12.1 Å². The van der Waals surface area contributed by atoms with Crippen LogP contribution >= 0.6 is 11.6 Å². The van der Waals surface area contributed by atoms with Gasteiger partial charge >= 0.3 is 0 Å². The molecule has 0 aliphatic carbocycles. The van der Waals surface area contributed by atoms with E-state index in [2.05, 4.69) is 11.4 Å². The van der Waals surface area contributed by atoms with Gasteiger partial charge in [0.15, 0.2) is 0 Å². The zero-order valence-corrected chi connectivity index (χ0v) is 10.8. The van der Waals surface area contributed by atoms with Gasteiger partial charge in [-0.1, -0.05) is 25.4 Å². The third kappa shape index (κ3) is 4.33. The molecule has 0 amide bonds. The molecule has 0 radical (unpaired) electrons. The fourth-order valence-electron chi connectivity index (χ4n) is 1.47. The fourth-order valence-corrected chi connectivity index (χ4v) is 1.67. The molecular weight excluding hydrogens is 239 g/mol. The van der Waals surface area contributed by atoms with Gasteiger partial charge in [0.05, 0.1) is 12.0 Å². The quantitative estimate of drug-likeness (QED) is 0.875. The van der Waals surface area contributed by atoms with E-state index in [-0.39, 0.29) is 17.7 Å². The van der Waals surface area contributed by atoms with Crippen molar-refractivity contribution in [2.24, 2.45) is 11.8 Å². The van der Waals surface area contributed by atoms with Gasteiger partial charge in [-0.3, -0.25) is 0 Å². The van der Waals surface area contributed by atoms with Crippen molar-refractivity contribution in [3.05, 3.63) is 34.6 Å². The molecule has 4 heteroatoms. The van der Waals surface area contributed by atoms with Crippen LogP contribution in [0.25, 0.3) is 0 Å². The number of rotatable bonds is 5. The Labute approximate surface area is 106 Å². The number of hydrogen-bond donors (Lipinski definition) is 1. The smallest absolute Gasteiger partial charge is 0.127 e. The van der Waals surface area contributed by atoms with Gasteiger partial charge in [-0.15, -0.1) is 0 Å². The minimum absolute atomic E-state index is 0.0581. The predicted molar refractivity (Wildman–Crippen MR) is 67.1 cm³/mol. The highest BCUT2D eigenvalue weighted by Crippen LogP contribution is 2.15. The van der Waals surface area contributed by atoms with Crippen LogP contribution in [0.4, 0.5) is 4.39 Å². The Morgan fingerprint density at radius 2 is 2.18 bits per heavy atom. The van der Waals surface area contributed by atoms with Crippen LogP contribution in [0.2, 0.25) is 5.02 Å². The van der Waals surface area contributed by atoms with Crippen LogP contribution in [0, 0.1) is 29.0 Å². The molecule has 0 aliphatic rings. The van der Waals surface area contributed by atoms with Crippen molar-refractivity contribution in [2.75, 3.05) is 6.54 Å². The summed E-state index contributed by atoms with van der Waals surface area (Å²) >= 11 is 5.79. The Balaban J connectivity index is 2.51. The first kappa shape index (κ1) is 14.0. The molecular formula is C13H16ClFN2. The van der Waals surface area contributed by atoms with Crippen molar-refractivity contribution in [3.63, 3.8) is 0 Å². The molecule has 0 aromatic heterocycles. The van der Waals surface area contributed by atoms with Gasteiger partial charge < -0.3 is 5.32 Å². The molecule has 92 valence electrons. The van der Waals surface area contributed by atoms with Gasteiger partial charge in [0, 0.05) is 23.7 Å². The number of nitriles is 1. The van der Waals surface area contributed by atoms with E-state index in [4.69, 9.17) is 16.9 Å². The molecule has 1 atom stereocenters. The molecule has 0 saturated carbocycles. The van der Waals surface area contributed by atoms with Crippen LogP contribution < -0.4 is 5.32 Å². The summed E-state index contributed by atoms with van der Waals surface area (Å²) in [7, 11) is 0. The Hall–Kier alpha value is -1.11. The fraction of sp³-hybridized carbons (Fsp3) is 0.462.